The van der Waals surface area contributed by atoms with Crippen molar-refractivity contribution in [2.45, 2.75) is 0 Å². The molecule has 5 nitrogen and oxygen atoms in total. The monoisotopic (exact) mass is 463 g/mol. The molecular formula is C31H21N5. The first-order valence-corrected chi connectivity index (χ1v) is 11.7. The van der Waals surface area contributed by atoms with E-state index in [4.69, 9.17) is 0 Å². The molecule has 0 radical (unpaired) electrons. The van der Waals surface area contributed by atoms with Gasteiger partial charge in [0.1, 0.15) is 12.7 Å². The molecule has 0 unspecified atom stereocenters. The number of hydrogen-bond acceptors (Lipinski definition) is 5. The van der Waals surface area contributed by atoms with Gasteiger partial charge in [-0.15, -0.1) is 0 Å². The van der Waals surface area contributed by atoms with Gasteiger partial charge in [0.25, 0.3) is 0 Å². The van der Waals surface area contributed by atoms with E-state index in [0.29, 0.717) is 5.82 Å². The maximum atomic E-state index is 4.62. The third-order valence-corrected chi connectivity index (χ3v) is 6.06. The van der Waals surface area contributed by atoms with E-state index in [0.717, 1.165) is 50.3 Å². The van der Waals surface area contributed by atoms with Gasteiger partial charge >= 0.3 is 0 Å². The molecule has 0 aliphatic rings. The van der Waals surface area contributed by atoms with Gasteiger partial charge in [-0.1, -0.05) is 66.7 Å². The van der Waals surface area contributed by atoms with E-state index in [9.17, 15) is 0 Å². The normalized spacial score (nSPS) is 10.8. The summed E-state index contributed by atoms with van der Waals surface area (Å²) in [5.41, 5.74) is 9.43. The Labute approximate surface area is 209 Å². The van der Waals surface area contributed by atoms with E-state index in [-0.39, 0.29) is 0 Å². The Kier molecular flexibility index (Phi) is 5.78. The minimum absolute atomic E-state index is 0.655. The molecule has 5 heteroatoms. The molecule has 6 rings (SSSR count). The van der Waals surface area contributed by atoms with E-state index < -0.39 is 0 Å². The Morgan fingerprint density at radius 2 is 1.03 bits per heavy atom. The topological polar surface area (TPSA) is 64.5 Å². The summed E-state index contributed by atoms with van der Waals surface area (Å²) in [5.74, 6) is 0.655. The van der Waals surface area contributed by atoms with Crippen LogP contribution in [-0.2, 0) is 0 Å². The van der Waals surface area contributed by atoms with E-state index in [1.54, 1.807) is 0 Å². The fourth-order valence-corrected chi connectivity index (χ4v) is 4.29. The summed E-state index contributed by atoms with van der Waals surface area (Å²) >= 11 is 0. The van der Waals surface area contributed by atoms with Crippen LogP contribution in [0.2, 0.25) is 0 Å². The molecule has 0 amide bonds. The van der Waals surface area contributed by atoms with Crippen LogP contribution in [0.5, 0.6) is 0 Å². The third kappa shape index (κ3) is 4.38. The summed E-state index contributed by atoms with van der Waals surface area (Å²) in [6.45, 7) is 0. The van der Waals surface area contributed by atoms with Gasteiger partial charge in [-0.3, -0.25) is 9.97 Å². The van der Waals surface area contributed by atoms with Gasteiger partial charge < -0.3 is 0 Å². The smallest absolute Gasteiger partial charge is 0.162 e. The summed E-state index contributed by atoms with van der Waals surface area (Å²) in [7, 11) is 0. The molecule has 0 saturated carbocycles. The summed E-state index contributed by atoms with van der Waals surface area (Å²) in [6.07, 6.45) is 6.68. The molecule has 3 aromatic heterocycles. The summed E-state index contributed by atoms with van der Waals surface area (Å²) in [4.78, 5) is 21.6. The summed E-state index contributed by atoms with van der Waals surface area (Å²) in [5, 5.41) is 0. The van der Waals surface area contributed by atoms with E-state index in [1.807, 2.05) is 60.9 Å². The molecular weight excluding hydrogens is 442 g/mol. The zero-order valence-corrected chi connectivity index (χ0v) is 19.4. The molecule has 6 aromatic rings. The minimum Gasteiger partial charge on any atom is -0.256 e. The largest absolute Gasteiger partial charge is 0.256 e. The number of hydrogen-bond donors (Lipinski definition) is 0. The van der Waals surface area contributed by atoms with Gasteiger partial charge in [-0.2, -0.15) is 0 Å². The lowest BCUT2D eigenvalue weighted by molar-refractivity contribution is 1.06. The maximum Gasteiger partial charge on any atom is 0.162 e. The van der Waals surface area contributed by atoms with Crippen LogP contribution in [0.3, 0.4) is 0 Å². The zero-order chi connectivity index (χ0) is 24.2. The molecule has 3 aromatic carbocycles. The lowest BCUT2D eigenvalue weighted by atomic mass is 9.92. The highest BCUT2D eigenvalue weighted by Crippen LogP contribution is 2.36. The van der Waals surface area contributed by atoms with Crippen molar-refractivity contribution in [1.82, 2.24) is 24.9 Å². The first kappa shape index (κ1) is 21.5. The highest BCUT2D eigenvalue weighted by atomic mass is 15.0. The molecule has 0 atom stereocenters. The van der Waals surface area contributed by atoms with E-state index >= 15 is 0 Å². The number of nitrogens with zero attached hydrogens (tertiary/aromatic N) is 5. The molecule has 0 spiro atoms. The van der Waals surface area contributed by atoms with Crippen LogP contribution in [0.1, 0.15) is 0 Å². The fourth-order valence-electron chi connectivity index (χ4n) is 4.29. The summed E-state index contributed by atoms with van der Waals surface area (Å²) < 4.78 is 0. The highest BCUT2D eigenvalue weighted by molar-refractivity contribution is 5.87. The molecule has 0 N–H and O–H groups in total. The van der Waals surface area contributed by atoms with E-state index in [2.05, 4.69) is 79.5 Å². The Morgan fingerprint density at radius 1 is 0.389 bits per heavy atom. The predicted octanol–water partition coefficient (Wildman–Crippen LogP) is 7.00. The van der Waals surface area contributed by atoms with E-state index in [1.165, 1.54) is 12.7 Å². The molecule has 0 saturated heterocycles. The van der Waals surface area contributed by atoms with Crippen LogP contribution in [-0.4, -0.2) is 24.9 Å². The Hall–Kier alpha value is -5.03. The average molecular weight is 464 g/mol. The van der Waals surface area contributed by atoms with Crippen molar-refractivity contribution >= 4 is 0 Å². The van der Waals surface area contributed by atoms with Crippen LogP contribution in [0.15, 0.2) is 128 Å². The summed E-state index contributed by atoms with van der Waals surface area (Å²) in [6, 6.07) is 35.3. The molecule has 3 heterocycles. The highest BCUT2D eigenvalue weighted by Gasteiger charge is 2.12. The lowest BCUT2D eigenvalue weighted by Crippen LogP contribution is -1.91. The van der Waals surface area contributed by atoms with Gasteiger partial charge in [0.2, 0.25) is 0 Å². The van der Waals surface area contributed by atoms with Crippen molar-refractivity contribution < 1.29 is 0 Å². The standard InChI is InChI=1S/C31H21N5/c1-3-16-33-29(8-1)23-12-10-22(11-13-23)28-19-25(14-15-27(28)30-9-2-4-17-34-30)24-6-5-7-26(18-24)31-35-20-32-21-36-31/h1-21H. The molecule has 36 heavy (non-hydrogen) atoms. The maximum absolute atomic E-state index is 4.62. The Morgan fingerprint density at radius 3 is 1.75 bits per heavy atom. The van der Waals surface area contributed by atoms with Crippen molar-refractivity contribution in [2.75, 3.05) is 0 Å². The van der Waals surface area contributed by atoms with Gasteiger partial charge in [0.15, 0.2) is 5.82 Å². The van der Waals surface area contributed by atoms with Crippen molar-refractivity contribution in [3.63, 3.8) is 0 Å². The predicted molar refractivity (Wildman–Crippen MR) is 143 cm³/mol. The van der Waals surface area contributed by atoms with Crippen molar-refractivity contribution in [3.8, 4) is 56.2 Å². The van der Waals surface area contributed by atoms with Crippen molar-refractivity contribution in [1.29, 1.82) is 0 Å². The molecule has 0 fully saturated rings. The minimum atomic E-state index is 0.655. The van der Waals surface area contributed by atoms with Gasteiger partial charge in [-0.25, -0.2) is 15.0 Å². The molecule has 0 aliphatic carbocycles. The van der Waals surface area contributed by atoms with Gasteiger partial charge in [0.05, 0.1) is 11.4 Å². The fraction of sp³-hybridized carbons (Fsp3) is 0. The lowest BCUT2D eigenvalue weighted by Gasteiger charge is -2.13. The second-order valence-corrected chi connectivity index (χ2v) is 8.31. The zero-order valence-electron chi connectivity index (χ0n) is 19.4. The molecule has 0 bridgehead atoms. The average Bonchev–Trinajstić information content (AvgIpc) is 2.98. The van der Waals surface area contributed by atoms with Gasteiger partial charge in [-0.05, 0) is 58.7 Å². The third-order valence-electron chi connectivity index (χ3n) is 6.06. The van der Waals surface area contributed by atoms with Crippen LogP contribution >= 0.6 is 0 Å². The quantitative estimate of drug-likeness (QED) is 0.275. The Balaban J connectivity index is 1.45. The van der Waals surface area contributed by atoms with Crippen molar-refractivity contribution in [2.24, 2.45) is 0 Å². The van der Waals surface area contributed by atoms with Crippen LogP contribution in [0, 0.1) is 0 Å². The van der Waals surface area contributed by atoms with Crippen molar-refractivity contribution in [3.05, 3.63) is 128 Å². The number of aromatic nitrogens is 5. The molecule has 170 valence electrons. The van der Waals surface area contributed by atoms with Crippen LogP contribution < -0.4 is 0 Å². The molecule has 0 aliphatic heterocycles. The second-order valence-electron chi connectivity index (χ2n) is 8.31. The Bertz CT molecular complexity index is 1600. The number of pyridine rings is 2. The number of rotatable bonds is 5. The van der Waals surface area contributed by atoms with Crippen LogP contribution in [0.4, 0.5) is 0 Å². The van der Waals surface area contributed by atoms with Gasteiger partial charge in [0, 0.05) is 29.1 Å². The SMILES string of the molecule is c1ccc(-c2ccc(-c3cc(-c4cccc(-c5ncncn5)c4)ccc3-c3ccccn3)cc2)nc1. The first-order valence-electron chi connectivity index (χ1n) is 11.7. The number of benzene rings is 3. The second kappa shape index (κ2) is 9.68. The first-order chi connectivity index (χ1) is 17.8. The van der Waals surface area contributed by atoms with Crippen LogP contribution in [0.25, 0.3) is 56.2 Å².